The van der Waals surface area contributed by atoms with Crippen LogP contribution in [0.5, 0.6) is 0 Å². The fourth-order valence-electron chi connectivity index (χ4n) is 1.30. The summed E-state index contributed by atoms with van der Waals surface area (Å²) in [6, 6.07) is 1.59. The van der Waals surface area contributed by atoms with Gasteiger partial charge in [0.25, 0.3) is 0 Å². The van der Waals surface area contributed by atoms with Gasteiger partial charge in [0.1, 0.15) is 11.4 Å². The Morgan fingerprint density at radius 1 is 1.50 bits per heavy atom. The topological polar surface area (TPSA) is 99.3 Å². The van der Waals surface area contributed by atoms with Gasteiger partial charge in [-0.2, -0.15) is 0 Å². The quantitative estimate of drug-likeness (QED) is 0.622. The Balaban J connectivity index is 2.86. The lowest BCUT2D eigenvalue weighted by atomic mass is 10.2. The average molecular weight is 191 g/mol. The SMILES string of the molecule is CC(=O)c1c(N)nn2ccc(N)nc12. The lowest BCUT2D eigenvalue weighted by Gasteiger charge is -1.95. The molecule has 72 valence electrons. The van der Waals surface area contributed by atoms with E-state index in [4.69, 9.17) is 11.5 Å². The minimum absolute atomic E-state index is 0.171. The van der Waals surface area contributed by atoms with Gasteiger partial charge in [0.2, 0.25) is 0 Å². The summed E-state index contributed by atoms with van der Waals surface area (Å²) >= 11 is 0. The molecular weight excluding hydrogens is 182 g/mol. The van der Waals surface area contributed by atoms with Crippen LogP contribution in [0.1, 0.15) is 17.3 Å². The molecule has 2 heterocycles. The zero-order chi connectivity index (χ0) is 10.3. The van der Waals surface area contributed by atoms with Crippen molar-refractivity contribution in [2.24, 2.45) is 0 Å². The van der Waals surface area contributed by atoms with Crippen LogP contribution in [-0.4, -0.2) is 20.4 Å². The first kappa shape index (κ1) is 8.49. The highest BCUT2D eigenvalue weighted by atomic mass is 16.1. The number of nitrogen functional groups attached to an aromatic ring is 2. The molecule has 0 spiro atoms. The number of carbonyl (C=O) groups is 1. The first-order valence-electron chi connectivity index (χ1n) is 4.01. The largest absolute Gasteiger partial charge is 0.384 e. The monoisotopic (exact) mass is 191 g/mol. The van der Waals surface area contributed by atoms with E-state index < -0.39 is 0 Å². The maximum absolute atomic E-state index is 11.2. The van der Waals surface area contributed by atoms with Crippen molar-refractivity contribution in [2.75, 3.05) is 11.5 Å². The van der Waals surface area contributed by atoms with Crippen molar-refractivity contribution >= 4 is 23.1 Å². The van der Waals surface area contributed by atoms with Crippen LogP contribution in [0.4, 0.5) is 11.6 Å². The van der Waals surface area contributed by atoms with E-state index in [1.54, 1.807) is 12.3 Å². The molecule has 0 amide bonds. The standard InChI is InChI=1S/C8H9N5O/c1-4(14)6-7(10)12-13-3-2-5(9)11-8(6)13/h2-3H,1H3,(H2,9,11)(H2,10,12). The molecule has 0 bridgehead atoms. The third kappa shape index (κ3) is 1.08. The molecule has 0 radical (unpaired) electrons. The highest BCUT2D eigenvalue weighted by Crippen LogP contribution is 2.17. The molecule has 0 aliphatic carbocycles. The van der Waals surface area contributed by atoms with Gasteiger partial charge in [-0.15, -0.1) is 5.10 Å². The van der Waals surface area contributed by atoms with Crippen LogP contribution in [0.15, 0.2) is 12.3 Å². The predicted molar refractivity (Wildman–Crippen MR) is 51.8 cm³/mol. The lowest BCUT2D eigenvalue weighted by molar-refractivity contribution is 0.102. The zero-order valence-electron chi connectivity index (χ0n) is 7.56. The fourth-order valence-corrected chi connectivity index (χ4v) is 1.30. The van der Waals surface area contributed by atoms with Crippen molar-refractivity contribution < 1.29 is 4.79 Å². The van der Waals surface area contributed by atoms with E-state index in [0.29, 0.717) is 17.0 Å². The van der Waals surface area contributed by atoms with Gasteiger partial charge >= 0.3 is 0 Å². The first-order chi connectivity index (χ1) is 6.59. The molecule has 0 saturated heterocycles. The van der Waals surface area contributed by atoms with Gasteiger partial charge < -0.3 is 11.5 Å². The van der Waals surface area contributed by atoms with Gasteiger partial charge in [0, 0.05) is 6.20 Å². The highest BCUT2D eigenvalue weighted by molar-refractivity contribution is 6.04. The molecule has 4 N–H and O–H groups in total. The van der Waals surface area contributed by atoms with E-state index in [9.17, 15) is 4.79 Å². The Bertz CT molecular complexity index is 516. The normalized spacial score (nSPS) is 10.6. The van der Waals surface area contributed by atoms with Gasteiger partial charge in [-0.3, -0.25) is 4.79 Å². The van der Waals surface area contributed by atoms with Crippen molar-refractivity contribution in [2.45, 2.75) is 6.92 Å². The van der Waals surface area contributed by atoms with Crippen LogP contribution in [0.3, 0.4) is 0 Å². The van der Waals surface area contributed by atoms with Crippen LogP contribution >= 0.6 is 0 Å². The van der Waals surface area contributed by atoms with E-state index in [1.165, 1.54) is 11.4 Å². The minimum Gasteiger partial charge on any atom is -0.384 e. The molecular formula is C8H9N5O. The summed E-state index contributed by atoms with van der Waals surface area (Å²) in [7, 11) is 0. The second kappa shape index (κ2) is 2.69. The summed E-state index contributed by atoms with van der Waals surface area (Å²) in [6.07, 6.45) is 1.61. The van der Waals surface area contributed by atoms with Crippen LogP contribution in [0, 0.1) is 0 Å². The number of nitrogens with two attached hydrogens (primary N) is 2. The Kier molecular flexibility index (Phi) is 1.63. The third-order valence-electron chi connectivity index (χ3n) is 1.89. The number of Topliss-reactive ketones (excluding diaryl/α,β-unsaturated/α-hetero) is 1. The molecule has 0 atom stereocenters. The second-order valence-corrected chi connectivity index (χ2v) is 2.94. The molecule has 2 aromatic rings. The Morgan fingerprint density at radius 2 is 2.21 bits per heavy atom. The Morgan fingerprint density at radius 3 is 2.86 bits per heavy atom. The molecule has 0 saturated carbocycles. The Hall–Kier alpha value is -2.11. The molecule has 0 unspecified atom stereocenters. The number of nitrogens with zero attached hydrogens (tertiary/aromatic N) is 3. The number of anilines is 2. The average Bonchev–Trinajstić information content (AvgIpc) is 2.40. The molecule has 0 aliphatic rings. The second-order valence-electron chi connectivity index (χ2n) is 2.94. The zero-order valence-corrected chi connectivity index (χ0v) is 7.56. The molecule has 0 aromatic carbocycles. The van der Waals surface area contributed by atoms with Gasteiger partial charge in [0.05, 0.1) is 0 Å². The van der Waals surface area contributed by atoms with E-state index >= 15 is 0 Å². The van der Waals surface area contributed by atoms with Crippen molar-refractivity contribution in [1.82, 2.24) is 14.6 Å². The van der Waals surface area contributed by atoms with E-state index in [0.717, 1.165) is 0 Å². The molecule has 0 aliphatic heterocycles. The molecule has 14 heavy (non-hydrogen) atoms. The summed E-state index contributed by atoms with van der Waals surface area (Å²) in [4.78, 5) is 15.2. The van der Waals surface area contributed by atoms with Crippen molar-refractivity contribution in [3.63, 3.8) is 0 Å². The third-order valence-corrected chi connectivity index (χ3v) is 1.89. The molecule has 0 fully saturated rings. The number of rotatable bonds is 1. The number of aromatic nitrogens is 3. The summed E-state index contributed by atoms with van der Waals surface area (Å²) < 4.78 is 1.43. The molecule has 2 aromatic heterocycles. The van der Waals surface area contributed by atoms with Gasteiger partial charge in [-0.05, 0) is 13.0 Å². The number of ketones is 1. The maximum Gasteiger partial charge on any atom is 0.170 e. The highest BCUT2D eigenvalue weighted by Gasteiger charge is 2.15. The van der Waals surface area contributed by atoms with Crippen LogP contribution < -0.4 is 11.5 Å². The molecule has 6 nitrogen and oxygen atoms in total. The van der Waals surface area contributed by atoms with E-state index in [1.807, 2.05) is 0 Å². The van der Waals surface area contributed by atoms with Crippen molar-refractivity contribution in [3.05, 3.63) is 17.8 Å². The fraction of sp³-hybridized carbons (Fsp3) is 0.125. The minimum atomic E-state index is -0.171. The summed E-state index contributed by atoms with van der Waals surface area (Å²) in [6.45, 7) is 1.41. The smallest absolute Gasteiger partial charge is 0.170 e. The van der Waals surface area contributed by atoms with Gasteiger partial charge in [0.15, 0.2) is 17.2 Å². The van der Waals surface area contributed by atoms with E-state index in [-0.39, 0.29) is 11.6 Å². The molecule has 2 rings (SSSR count). The van der Waals surface area contributed by atoms with Crippen LogP contribution in [-0.2, 0) is 0 Å². The number of hydrogen-bond acceptors (Lipinski definition) is 5. The molecule has 6 heteroatoms. The summed E-state index contributed by atoms with van der Waals surface area (Å²) in [5.41, 5.74) is 11.8. The van der Waals surface area contributed by atoms with Crippen LogP contribution in [0.25, 0.3) is 5.65 Å². The van der Waals surface area contributed by atoms with Crippen LogP contribution in [0.2, 0.25) is 0 Å². The summed E-state index contributed by atoms with van der Waals surface area (Å²) in [5, 5.41) is 3.93. The number of hydrogen-bond donors (Lipinski definition) is 2. The Labute approximate surface area is 79.5 Å². The van der Waals surface area contributed by atoms with Gasteiger partial charge in [-0.1, -0.05) is 0 Å². The maximum atomic E-state index is 11.2. The van der Waals surface area contributed by atoms with Gasteiger partial charge in [-0.25, -0.2) is 9.50 Å². The first-order valence-corrected chi connectivity index (χ1v) is 4.01. The lowest BCUT2D eigenvalue weighted by Crippen LogP contribution is -1.99. The van der Waals surface area contributed by atoms with Crippen molar-refractivity contribution in [1.29, 1.82) is 0 Å². The number of fused-ring (bicyclic) bond motifs is 1. The predicted octanol–water partition coefficient (Wildman–Crippen LogP) is 0.0963. The summed E-state index contributed by atoms with van der Waals surface area (Å²) in [5.74, 6) is 0.339. The van der Waals surface area contributed by atoms with E-state index in [2.05, 4.69) is 10.1 Å². The number of carbonyl (C=O) groups excluding carboxylic acids is 1. The van der Waals surface area contributed by atoms with Crippen molar-refractivity contribution in [3.8, 4) is 0 Å².